The monoisotopic (exact) mass is 264 g/mol. The lowest BCUT2D eigenvalue weighted by Gasteiger charge is -2.11. The number of aliphatic hydroxyl groups is 3. The van der Waals surface area contributed by atoms with Crippen molar-refractivity contribution in [3.8, 4) is 0 Å². The summed E-state index contributed by atoms with van der Waals surface area (Å²) in [5.41, 5.74) is 10.2. The number of nitrogens with zero attached hydrogens (tertiary/aromatic N) is 1. The fraction of sp³-hybridized carbons (Fsp3) is 0.778. The molecule has 0 aromatic heterocycles. The van der Waals surface area contributed by atoms with Crippen LogP contribution in [0.3, 0.4) is 0 Å². The molecular weight excluding hydrogens is 242 g/mol. The summed E-state index contributed by atoms with van der Waals surface area (Å²) < 4.78 is 0.605. The minimum atomic E-state index is -1.11. The summed E-state index contributed by atoms with van der Waals surface area (Å²) >= 11 is 0. The van der Waals surface area contributed by atoms with Gasteiger partial charge in [0.25, 0.3) is 6.17 Å². The van der Waals surface area contributed by atoms with E-state index in [-0.39, 0.29) is 25.1 Å². The van der Waals surface area contributed by atoms with Crippen molar-refractivity contribution in [3.63, 3.8) is 0 Å². The molecule has 0 aliphatic carbocycles. The Morgan fingerprint density at radius 1 is 1.33 bits per heavy atom. The van der Waals surface area contributed by atoms with Crippen LogP contribution in [0, 0.1) is 5.41 Å². The Labute approximate surface area is 105 Å². The quantitative estimate of drug-likeness (QED) is 0.0708. The Bertz CT molecular complexity index is 282. The number of nitrogens with two attached hydrogens (primary N) is 2. The topological polar surface area (TPSA) is 172 Å². The first-order valence-corrected chi connectivity index (χ1v) is 5.47. The second-order valence-corrected chi connectivity index (χ2v) is 3.81. The van der Waals surface area contributed by atoms with E-state index in [1.807, 2.05) is 0 Å². The van der Waals surface area contributed by atoms with Crippen molar-refractivity contribution < 1.29 is 25.3 Å². The fourth-order valence-electron chi connectivity index (χ4n) is 1.12. The van der Waals surface area contributed by atoms with Crippen molar-refractivity contribution >= 4 is 11.9 Å². The van der Waals surface area contributed by atoms with Crippen molar-refractivity contribution in [3.05, 3.63) is 0 Å². The van der Waals surface area contributed by atoms with Gasteiger partial charge < -0.3 is 26.8 Å². The molecule has 0 spiro atoms. The highest BCUT2D eigenvalue weighted by molar-refractivity contribution is 6.27. The van der Waals surface area contributed by atoms with Crippen LogP contribution in [-0.2, 0) is 0 Å². The van der Waals surface area contributed by atoms with Gasteiger partial charge in [0.15, 0.2) is 0 Å². The zero-order chi connectivity index (χ0) is 14.1. The largest absolute Gasteiger partial charge is 0.388 e. The van der Waals surface area contributed by atoms with E-state index in [1.165, 1.54) is 0 Å². The summed E-state index contributed by atoms with van der Waals surface area (Å²) in [6.45, 7) is -0.461. The number of rotatable bonds is 9. The summed E-state index contributed by atoms with van der Waals surface area (Å²) in [7, 11) is 0. The van der Waals surface area contributed by atoms with Crippen LogP contribution in [0.25, 0.3) is 0 Å². The SMILES string of the molecule is N=C(C=[N+](O)C(CO)NCC(N)O)CCC(N)O. The van der Waals surface area contributed by atoms with Gasteiger partial charge >= 0.3 is 0 Å². The lowest BCUT2D eigenvalue weighted by molar-refractivity contribution is -0.799. The van der Waals surface area contributed by atoms with Gasteiger partial charge in [-0.2, -0.15) is 0 Å². The molecule has 9 heteroatoms. The van der Waals surface area contributed by atoms with E-state index in [4.69, 9.17) is 32.2 Å². The van der Waals surface area contributed by atoms with Gasteiger partial charge in [0.05, 0.1) is 5.71 Å². The summed E-state index contributed by atoms with van der Waals surface area (Å²) in [5.74, 6) is 0. The summed E-state index contributed by atoms with van der Waals surface area (Å²) in [6, 6.07) is 0. The Hall–Kier alpha value is -1.10. The third-order valence-electron chi connectivity index (χ3n) is 2.05. The normalized spacial score (nSPS) is 17.3. The summed E-state index contributed by atoms with van der Waals surface area (Å²) in [6.07, 6.45) is -1.54. The number of nitrogens with one attached hydrogen (secondary N) is 2. The highest BCUT2D eigenvalue weighted by Gasteiger charge is 2.20. The first-order valence-electron chi connectivity index (χ1n) is 5.47. The molecule has 9 nitrogen and oxygen atoms in total. The van der Waals surface area contributed by atoms with Crippen LogP contribution in [0.4, 0.5) is 0 Å². The standard InChI is InChI=1S/C9H22N5O4/c10-6(1-2-7(11)16)4-14(18)9(5-15)13-3-8(12)17/h4,7-10,13,15-18H,1-3,5,11-12H2/q+1. The first-order chi connectivity index (χ1) is 8.36. The lowest BCUT2D eigenvalue weighted by Crippen LogP contribution is -2.47. The van der Waals surface area contributed by atoms with Crippen LogP contribution >= 0.6 is 0 Å². The minimum Gasteiger partial charge on any atom is -0.388 e. The van der Waals surface area contributed by atoms with Gasteiger partial charge in [-0.15, -0.1) is 0 Å². The van der Waals surface area contributed by atoms with Gasteiger partial charge in [0.1, 0.15) is 19.1 Å². The van der Waals surface area contributed by atoms with Crippen molar-refractivity contribution in [2.24, 2.45) is 11.5 Å². The highest BCUT2D eigenvalue weighted by atomic mass is 16.5. The van der Waals surface area contributed by atoms with E-state index >= 15 is 0 Å². The molecule has 10 N–H and O–H groups in total. The van der Waals surface area contributed by atoms with Crippen LogP contribution in [-0.4, -0.2) is 69.0 Å². The molecule has 0 radical (unpaired) electrons. The molecule has 0 aliphatic rings. The Morgan fingerprint density at radius 2 is 1.94 bits per heavy atom. The lowest BCUT2D eigenvalue weighted by atomic mass is 10.2. The van der Waals surface area contributed by atoms with Gasteiger partial charge in [0.2, 0.25) is 6.21 Å². The molecule has 3 atom stereocenters. The van der Waals surface area contributed by atoms with E-state index in [0.29, 0.717) is 4.74 Å². The highest BCUT2D eigenvalue weighted by Crippen LogP contribution is 1.92. The maximum atomic E-state index is 9.56. The molecule has 0 fully saturated rings. The molecule has 0 aromatic carbocycles. The number of aliphatic hydroxyl groups excluding tert-OH is 3. The van der Waals surface area contributed by atoms with Crippen LogP contribution < -0.4 is 16.8 Å². The molecule has 0 aromatic rings. The third-order valence-corrected chi connectivity index (χ3v) is 2.05. The zero-order valence-corrected chi connectivity index (χ0v) is 10.0. The summed E-state index contributed by atoms with van der Waals surface area (Å²) in [4.78, 5) is 0. The minimum absolute atomic E-state index is 0.0228. The molecule has 0 amide bonds. The van der Waals surface area contributed by atoms with Gasteiger partial charge in [-0.25, -0.2) is 5.32 Å². The smallest absolute Gasteiger partial charge is 0.278 e. The molecule has 0 saturated heterocycles. The molecule has 3 unspecified atom stereocenters. The molecule has 0 bridgehead atoms. The second kappa shape index (κ2) is 8.91. The van der Waals surface area contributed by atoms with Gasteiger partial charge in [0, 0.05) is 6.54 Å². The van der Waals surface area contributed by atoms with Crippen LogP contribution in [0.2, 0.25) is 0 Å². The molecule has 0 saturated carbocycles. The van der Waals surface area contributed by atoms with E-state index < -0.39 is 25.2 Å². The molecule has 0 rings (SSSR count). The molecule has 0 heterocycles. The Morgan fingerprint density at radius 3 is 2.39 bits per heavy atom. The first kappa shape index (κ1) is 16.9. The molecule has 106 valence electrons. The van der Waals surface area contributed by atoms with Crippen molar-refractivity contribution in [2.75, 3.05) is 13.2 Å². The fourth-order valence-corrected chi connectivity index (χ4v) is 1.12. The second-order valence-electron chi connectivity index (χ2n) is 3.81. The number of hydrogen-bond acceptors (Lipinski definition) is 8. The van der Waals surface area contributed by atoms with Crippen molar-refractivity contribution in [1.29, 1.82) is 5.41 Å². The average molecular weight is 264 g/mol. The maximum Gasteiger partial charge on any atom is 0.278 e. The van der Waals surface area contributed by atoms with E-state index in [2.05, 4.69) is 5.32 Å². The molecule has 0 aliphatic heterocycles. The van der Waals surface area contributed by atoms with Gasteiger partial charge in [-0.3, -0.25) is 10.6 Å². The molecule has 18 heavy (non-hydrogen) atoms. The van der Waals surface area contributed by atoms with E-state index in [0.717, 1.165) is 6.21 Å². The predicted molar refractivity (Wildman–Crippen MR) is 64.3 cm³/mol. The van der Waals surface area contributed by atoms with Crippen LogP contribution in [0.1, 0.15) is 12.8 Å². The average Bonchev–Trinajstić information content (AvgIpc) is 2.26. The Balaban J connectivity index is 4.29. The third kappa shape index (κ3) is 8.06. The van der Waals surface area contributed by atoms with E-state index in [1.54, 1.807) is 0 Å². The van der Waals surface area contributed by atoms with E-state index in [9.17, 15) is 5.21 Å². The van der Waals surface area contributed by atoms with Crippen molar-refractivity contribution in [2.45, 2.75) is 31.5 Å². The number of hydrogen-bond donors (Lipinski definition) is 8. The van der Waals surface area contributed by atoms with Crippen LogP contribution in [0.5, 0.6) is 0 Å². The Kier molecular flexibility index (Phi) is 8.37. The summed E-state index contributed by atoms with van der Waals surface area (Å²) in [5, 5.41) is 46.3. The predicted octanol–water partition coefficient (Wildman–Crippen LogP) is -3.28. The maximum absolute atomic E-state index is 9.56. The van der Waals surface area contributed by atoms with Crippen LogP contribution in [0.15, 0.2) is 0 Å². The van der Waals surface area contributed by atoms with Crippen molar-refractivity contribution in [1.82, 2.24) is 5.32 Å². The van der Waals surface area contributed by atoms with Gasteiger partial charge in [-0.05, 0) is 17.6 Å². The number of hydroxylamine groups is 1. The molecular formula is C9H22N5O4+. The van der Waals surface area contributed by atoms with Gasteiger partial charge in [-0.1, -0.05) is 0 Å². The zero-order valence-electron chi connectivity index (χ0n) is 10.0.